The van der Waals surface area contributed by atoms with Gasteiger partial charge in [-0.15, -0.1) is 0 Å². The van der Waals surface area contributed by atoms with Gasteiger partial charge in [0.25, 0.3) is 0 Å². The Balaban J connectivity index is 2.13. The zero-order valence-corrected chi connectivity index (χ0v) is 16.6. The molecule has 0 saturated carbocycles. The Morgan fingerprint density at radius 3 is 2.82 bits per heavy atom. The van der Waals surface area contributed by atoms with Gasteiger partial charge in [0, 0.05) is 29.0 Å². The molecule has 12 heteroatoms. The summed E-state index contributed by atoms with van der Waals surface area (Å²) < 4.78 is 27.8. The maximum atomic E-state index is 13.9. The fourth-order valence-electron chi connectivity index (χ4n) is 1.95. The summed E-state index contributed by atoms with van der Waals surface area (Å²) in [6, 6.07) is 2.46. The number of rotatable bonds is 8. The quantitative estimate of drug-likeness (QED) is 0.343. The van der Waals surface area contributed by atoms with Crippen molar-refractivity contribution in [1.29, 1.82) is 0 Å². The van der Waals surface area contributed by atoms with Gasteiger partial charge in [-0.2, -0.15) is 4.98 Å². The molecule has 1 aromatic heterocycles. The Morgan fingerprint density at radius 2 is 2.14 bits per heavy atom. The number of anilines is 2. The number of carbonyl (C=O) groups is 1. The lowest BCUT2D eigenvalue weighted by atomic mass is 10.2. The highest BCUT2D eigenvalue weighted by Crippen LogP contribution is 2.23. The first-order chi connectivity index (χ1) is 13.3. The van der Waals surface area contributed by atoms with E-state index in [1.807, 2.05) is 0 Å². The van der Waals surface area contributed by atoms with E-state index in [-0.39, 0.29) is 35.4 Å². The number of aliphatic imine (C=N–C) groups is 1. The second-order valence-corrected chi connectivity index (χ2v) is 6.61. The van der Waals surface area contributed by atoms with E-state index in [1.165, 1.54) is 24.7 Å². The Hall–Kier alpha value is -2.79. The van der Waals surface area contributed by atoms with E-state index in [1.54, 1.807) is 0 Å². The van der Waals surface area contributed by atoms with Gasteiger partial charge in [-0.25, -0.2) is 13.8 Å². The topological polar surface area (TPSA) is 131 Å². The van der Waals surface area contributed by atoms with E-state index in [0.29, 0.717) is 10.2 Å². The molecule has 28 heavy (non-hydrogen) atoms. The maximum Gasteiger partial charge on any atom is 0.239 e. The van der Waals surface area contributed by atoms with Gasteiger partial charge in [0.05, 0.1) is 11.9 Å². The molecule has 1 heterocycles. The first kappa shape index (κ1) is 21.5. The lowest BCUT2D eigenvalue weighted by Crippen LogP contribution is -2.15. The molecule has 0 aliphatic carbocycles. The molecular formula is C16H15BrClF2N7O. The number of hydrogen-bond acceptors (Lipinski definition) is 7. The average molecular weight is 475 g/mol. The number of hydrogen-bond donors (Lipinski definition) is 4. The van der Waals surface area contributed by atoms with Crippen LogP contribution in [0.25, 0.3) is 0 Å². The second-order valence-electron chi connectivity index (χ2n) is 5.29. The number of carbonyl (C=O) groups excluding carboxylic acids is 1. The van der Waals surface area contributed by atoms with Gasteiger partial charge in [-0.3, -0.25) is 9.79 Å². The molecule has 0 aliphatic heterocycles. The predicted octanol–water partition coefficient (Wildman–Crippen LogP) is 2.55. The minimum Gasteiger partial charge on any atom is -0.403 e. The van der Waals surface area contributed by atoms with E-state index < -0.39 is 17.5 Å². The van der Waals surface area contributed by atoms with E-state index >= 15 is 0 Å². The first-order valence-corrected chi connectivity index (χ1v) is 8.84. The summed E-state index contributed by atoms with van der Waals surface area (Å²) in [5, 5.41) is 5.76. The molecule has 1 aromatic carbocycles. The molecule has 2 rings (SSSR count). The van der Waals surface area contributed by atoms with Gasteiger partial charge in [-0.05, 0) is 12.1 Å². The monoisotopic (exact) mass is 473 g/mol. The van der Waals surface area contributed by atoms with E-state index in [4.69, 9.17) is 23.1 Å². The normalized spacial score (nSPS) is 11.6. The molecule has 1 amide bonds. The zero-order valence-electron chi connectivity index (χ0n) is 14.2. The van der Waals surface area contributed by atoms with Crippen LogP contribution in [0.3, 0.4) is 0 Å². The van der Waals surface area contributed by atoms with Crippen LogP contribution in [0.4, 0.5) is 20.5 Å². The van der Waals surface area contributed by atoms with Crippen molar-refractivity contribution in [2.45, 2.75) is 6.54 Å². The SMILES string of the molecule is N/C=C(\C=NCC(N)=O)Nc1ncc(Cl)c(NCc2cc(Br)cc(F)c2F)n1. The summed E-state index contributed by atoms with van der Waals surface area (Å²) in [6.07, 6.45) is 3.79. The molecule has 0 saturated heterocycles. The van der Waals surface area contributed by atoms with Gasteiger partial charge in [-0.1, -0.05) is 27.5 Å². The van der Waals surface area contributed by atoms with Crippen LogP contribution in [-0.2, 0) is 11.3 Å². The third kappa shape index (κ3) is 6.13. The van der Waals surface area contributed by atoms with Crippen LogP contribution >= 0.6 is 27.5 Å². The van der Waals surface area contributed by atoms with Crippen molar-refractivity contribution in [3.63, 3.8) is 0 Å². The second kappa shape index (κ2) is 9.95. The van der Waals surface area contributed by atoms with Crippen LogP contribution in [0.5, 0.6) is 0 Å². The molecule has 0 unspecified atom stereocenters. The molecule has 0 fully saturated rings. The van der Waals surface area contributed by atoms with Crippen LogP contribution in [0.2, 0.25) is 5.02 Å². The number of benzene rings is 1. The summed E-state index contributed by atoms with van der Waals surface area (Å²) >= 11 is 9.15. The van der Waals surface area contributed by atoms with Crippen LogP contribution in [0.15, 0.2) is 39.7 Å². The Bertz CT molecular complexity index is 939. The maximum absolute atomic E-state index is 13.9. The van der Waals surface area contributed by atoms with Gasteiger partial charge < -0.3 is 22.1 Å². The smallest absolute Gasteiger partial charge is 0.239 e. The van der Waals surface area contributed by atoms with Crippen LogP contribution in [0, 0.1) is 11.6 Å². The lowest BCUT2D eigenvalue weighted by Gasteiger charge is -2.11. The Kier molecular flexibility index (Phi) is 7.64. The number of allylic oxidation sites excluding steroid dienone is 1. The molecule has 148 valence electrons. The number of aromatic nitrogens is 2. The Labute approximate surface area is 172 Å². The van der Waals surface area contributed by atoms with Crippen molar-refractivity contribution < 1.29 is 13.6 Å². The molecule has 8 nitrogen and oxygen atoms in total. The molecule has 0 aliphatic rings. The fraction of sp³-hybridized carbons (Fsp3) is 0.125. The largest absolute Gasteiger partial charge is 0.403 e. The molecule has 0 bridgehead atoms. The average Bonchev–Trinajstić information content (AvgIpc) is 2.64. The third-order valence-corrected chi connectivity index (χ3v) is 3.91. The van der Waals surface area contributed by atoms with E-state index in [0.717, 1.165) is 6.07 Å². The lowest BCUT2D eigenvalue weighted by molar-refractivity contribution is -0.116. The molecule has 6 N–H and O–H groups in total. The summed E-state index contributed by atoms with van der Waals surface area (Å²) in [5.41, 5.74) is 10.9. The minimum atomic E-state index is -0.977. The minimum absolute atomic E-state index is 0.0714. The number of nitrogens with zero attached hydrogens (tertiary/aromatic N) is 3. The van der Waals surface area contributed by atoms with Crippen molar-refractivity contribution >= 4 is 51.4 Å². The van der Waals surface area contributed by atoms with Crippen molar-refractivity contribution in [2.75, 3.05) is 17.2 Å². The highest BCUT2D eigenvalue weighted by atomic mass is 79.9. The van der Waals surface area contributed by atoms with Crippen molar-refractivity contribution in [3.8, 4) is 0 Å². The molecule has 0 atom stereocenters. The standard InChI is InChI=1S/C16H15BrClF2N7O/c17-9-1-8(14(20)12(19)2-9)4-24-15-11(18)6-25-16(27-15)26-10(3-21)5-23-7-13(22)28/h1-3,5-6H,4,7,21H2,(H2,22,28)(H2,24,25,26,27)/b10-3+,23-5?. The third-order valence-electron chi connectivity index (χ3n) is 3.17. The van der Waals surface area contributed by atoms with E-state index in [2.05, 4.69) is 41.5 Å². The zero-order chi connectivity index (χ0) is 20.7. The Morgan fingerprint density at radius 1 is 1.39 bits per heavy atom. The number of nitrogens with one attached hydrogen (secondary N) is 2. The van der Waals surface area contributed by atoms with Gasteiger partial charge in [0.2, 0.25) is 11.9 Å². The van der Waals surface area contributed by atoms with Gasteiger partial charge in [0.1, 0.15) is 11.6 Å². The summed E-state index contributed by atoms with van der Waals surface area (Å²) in [4.78, 5) is 22.6. The van der Waals surface area contributed by atoms with Crippen LogP contribution in [-0.4, -0.2) is 28.6 Å². The predicted molar refractivity (Wildman–Crippen MR) is 107 cm³/mol. The number of halogens is 4. The molecule has 2 aromatic rings. The van der Waals surface area contributed by atoms with Crippen molar-refractivity contribution in [1.82, 2.24) is 9.97 Å². The van der Waals surface area contributed by atoms with Gasteiger partial charge >= 0.3 is 0 Å². The summed E-state index contributed by atoms with van der Waals surface area (Å²) in [7, 11) is 0. The van der Waals surface area contributed by atoms with Crippen LogP contribution in [0.1, 0.15) is 5.56 Å². The van der Waals surface area contributed by atoms with Crippen molar-refractivity contribution in [3.05, 3.63) is 56.9 Å². The van der Waals surface area contributed by atoms with Gasteiger partial charge in [0.15, 0.2) is 17.5 Å². The number of amides is 1. The molecule has 0 radical (unpaired) electrons. The molecule has 0 spiro atoms. The number of primary amides is 1. The fourth-order valence-corrected chi connectivity index (χ4v) is 2.58. The number of nitrogens with two attached hydrogens (primary N) is 2. The highest BCUT2D eigenvalue weighted by Gasteiger charge is 2.12. The van der Waals surface area contributed by atoms with Crippen molar-refractivity contribution in [2.24, 2.45) is 16.5 Å². The van der Waals surface area contributed by atoms with E-state index in [9.17, 15) is 13.6 Å². The molecular weight excluding hydrogens is 460 g/mol. The first-order valence-electron chi connectivity index (χ1n) is 7.67. The van der Waals surface area contributed by atoms with Crippen LogP contribution < -0.4 is 22.1 Å². The summed E-state index contributed by atoms with van der Waals surface area (Å²) in [6.45, 7) is -0.278. The highest BCUT2D eigenvalue weighted by molar-refractivity contribution is 9.10. The summed E-state index contributed by atoms with van der Waals surface area (Å²) in [5.74, 6) is -2.26.